The minimum absolute atomic E-state index is 0.0928. The molecule has 0 radical (unpaired) electrons. The van der Waals surface area contributed by atoms with Crippen molar-refractivity contribution >= 4 is 11.9 Å². The molecule has 1 amide bonds. The number of alkyl halides is 2. The van der Waals surface area contributed by atoms with Gasteiger partial charge in [-0.2, -0.15) is 8.78 Å². The molecule has 1 heterocycles. The molecule has 1 saturated heterocycles. The summed E-state index contributed by atoms with van der Waals surface area (Å²) in [4.78, 5) is 24.7. The van der Waals surface area contributed by atoms with Gasteiger partial charge in [0.1, 0.15) is 0 Å². The van der Waals surface area contributed by atoms with E-state index in [9.17, 15) is 23.5 Å². The quantitative estimate of drug-likeness (QED) is 0.215. The largest absolute Gasteiger partial charge is 0.481 e. The molecule has 1 aliphatic heterocycles. The topological polar surface area (TPSA) is 77.8 Å². The Balaban J connectivity index is 2.95. The molecule has 188 valence electrons. The van der Waals surface area contributed by atoms with Gasteiger partial charge in [0, 0.05) is 36.3 Å². The fourth-order valence-corrected chi connectivity index (χ4v) is 4.37. The fourth-order valence-electron chi connectivity index (χ4n) is 4.37. The van der Waals surface area contributed by atoms with Crippen LogP contribution in [0.4, 0.5) is 8.78 Å². The number of hydrogen-bond donors (Lipinski definition) is 2. The van der Waals surface area contributed by atoms with Crippen LogP contribution in [0.1, 0.15) is 92.9 Å². The summed E-state index contributed by atoms with van der Waals surface area (Å²) < 4.78 is 29.2. The molecule has 2 N–H and O–H groups in total. The van der Waals surface area contributed by atoms with E-state index in [0.717, 1.165) is 19.3 Å². The molecule has 3 atom stereocenters. The number of carbonyl (C=O) groups is 2. The Morgan fingerprint density at radius 2 is 1.85 bits per heavy atom. The number of carbonyl (C=O) groups excluding carboxylic acids is 1. The summed E-state index contributed by atoms with van der Waals surface area (Å²) in [5, 5.41) is 19.2. The second-order valence-electron chi connectivity index (χ2n) is 10.5. The number of carboxylic acids is 1. The zero-order valence-corrected chi connectivity index (χ0v) is 21.0. The van der Waals surface area contributed by atoms with Crippen molar-refractivity contribution in [2.45, 2.75) is 117 Å². The van der Waals surface area contributed by atoms with Gasteiger partial charge in [0.15, 0.2) is 0 Å². The molecule has 5 nitrogen and oxygen atoms in total. The van der Waals surface area contributed by atoms with Crippen molar-refractivity contribution in [2.75, 3.05) is 0 Å². The highest BCUT2D eigenvalue weighted by atomic mass is 19.3. The van der Waals surface area contributed by atoms with E-state index in [0.29, 0.717) is 19.3 Å². The van der Waals surface area contributed by atoms with Gasteiger partial charge in [0.05, 0.1) is 6.10 Å². The molecule has 1 aliphatic rings. The molecule has 0 aromatic rings. The number of aliphatic hydroxyl groups excluding tert-OH is 1. The van der Waals surface area contributed by atoms with E-state index in [1.54, 1.807) is 19.1 Å². The summed E-state index contributed by atoms with van der Waals surface area (Å²) in [6, 6.07) is -0.712. The molecular formula is C26H41F2NO4. The number of aliphatic carboxylic acids is 1. The van der Waals surface area contributed by atoms with Crippen LogP contribution in [0.2, 0.25) is 0 Å². The maximum atomic E-state index is 14.6. The highest BCUT2D eigenvalue weighted by Crippen LogP contribution is 2.46. The van der Waals surface area contributed by atoms with Crippen LogP contribution in [0, 0.1) is 23.2 Å². The summed E-state index contributed by atoms with van der Waals surface area (Å²) in [6.45, 7) is 10.9. The van der Waals surface area contributed by atoms with Crippen LogP contribution in [0.3, 0.4) is 0 Å². The Bertz CT molecular complexity index is 764. The molecule has 0 bridgehead atoms. The summed E-state index contributed by atoms with van der Waals surface area (Å²) in [5.74, 6) is 0.261. The summed E-state index contributed by atoms with van der Waals surface area (Å²) in [5.41, 5.74) is -1.55. The monoisotopic (exact) mass is 469 g/mol. The van der Waals surface area contributed by atoms with Crippen molar-refractivity contribution in [3.8, 4) is 11.8 Å². The van der Waals surface area contributed by atoms with Crippen LogP contribution in [-0.2, 0) is 9.59 Å². The number of unbranched alkanes of at least 4 members (excludes halogenated alkanes) is 3. The van der Waals surface area contributed by atoms with E-state index in [-0.39, 0.29) is 12.3 Å². The first-order valence-electron chi connectivity index (χ1n) is 11.9. The van der Waals surface area contributed by atoms with Gasteiger partial charge in [-0.25, -0.2) is 0 Å². The molecule has 0 unspecified atom stereocenters. The predicted molar refractivity (Wildman–Crippen MR) is 126 cm³/mol. The molecular weight excluding hydrogens is 428 g/mol. The zero-order chi connectivity index (χ0) is 25.4. The van der Waals surface area contributed by atoms with Crippen LogP contribution < -0.4 is 0 Å². The van der Waals surface area contributed by atoms with Gasteiger partial charge < -0.3 is 15.1 Å². The third kappa shape index (κ3) is 8.41. The number of carboxylic acid groups (broad SMARTS) is 1. The normalized spacial score (nSPS) is 20.6. The molecule has 7 heteroatoms. The Morgan fingerprint density at radius 3 is 2.42 bits per heavy atom. The summed E-state index contributed by atoms with van der Waals surface area (Å²) in [7, 11) is 0. The zero-order valence-electron chi connectivity index (χ0n) is 21.0. The third-order valence-corrected chi connectivity index (χ3v) is 6.64. The first kappa shape index (κ1) is 29.1. The fraction of sp³-hybridized carbons (Fsp3) is 0.769. The minimum Gasteiger partial charge on any atom is -0.481 e. The van der Waals surface area contributed by atoms with Crippen LogP contribution >= 0.6 is 0 Å². The number of rotatable bonds is 13. The van der Waals surface area contributed by atoms with Crippen molar-refractivity contribution in [1.29, 1.82) is 0 Å². The van der Waals surface area contributed by atoms with Gasteiger partial charge in [-0.1, -0.05) is 52.2 Å². The molecule has 0 spiro atoms. The lowest BCUT2D eigenvalue weighted by Gasteiger charge is -2.45. The van der Waals surface area contributed by atoms with Crippen molar-refractivity contribution in [1.82, 2.24) is 4.90 Å². The highest BCUT2D eigenvalue weighted by Gasteiger charge is 2.59. The van der Waals surface area contributed by atoms with Crippen LogP contribution in [-0.4, -0.2) is 50.6 Å². The van der Waals surface area contributed by atoms with Crippen LogP contribution in [0.5, 0.6) is 0 Å². The number of likely N-dealkylation sites (tertiary alicyclic amines) is 1. The van der Waals surface area contributed by atoms with E-state index in [2.05, 4.69) is 11.8 Å². The number of amides is 1. The van der Waals surface area contributed by atoms with Crippen LogP contribution in [0.25, 0.3) is 0 Å². The Labute approximate surface area is 197 Å². The van der Waals surface area contributed by atoms with Gasteiger partial charge >= 0.3 is 11.9 Å². The number of hydrogen-bond acceptors (Lipinski definition) is 3. The second-order valence-corrected chi connectivity index (χ2v) is 10.5. The lowest BCUT2D eigenvalue weighted by molar-refractivity contribution is -0.153. The minimum atomic E-state index is -3.42. The van der Waals surface area contributed by atoms with Gasteiger partial charge in [0.2, 0.25) is 0 Å². The van der Waals surface area contributed by atoms with Crippen molar-refractivity contribution < 1.29 is 28.6 Å². The molecule has 0 aliphatic carbocycles. The Hall–Kier alpha value is -1.94. The average Bonchev–Trinajstić information content (AvgIpc) is 2.97. The second kappa shape index (κ2) is 12.0. The van der Waals surface area contributed by atoms with Crippen molar-refractivity contribution in [3.05, 3.63) is 12.2 Å². The lowest BCUT2D eigenvalue weighted by atomic mass is 9.79. The van der Waals surface area contributed by atoms with E-state index >= 15 is 0 Å². The van der Waals surface area contributed by atoms with Gasteiger partial charge in [-0.3, -0.25) is 9.59 Å². The molecule has 1 fully saturated rings. The molecule has 33 heavy (non-hydrogen) atoms. The van der Waals surface area contributed by atoms with E-state index in [4.69, 9.17) is 5.11 Å². The van der Waals surface area contributed by atoms with Gasteiger partial charge in [-0.15, -0.1) is 11.8 Å². The smallest absolute Gasteiger partial charge is 0.326 e. The maximum Gasteiger partial charge on any atom is 0.326 e. The van der Waals surface area contributed by atoms with Gasteiger partial charge in [0.25, 0.3) is 5.91 Å². The van der Waals surface area contributed by atoms with E-state index in [1.807, 2.05) is 34.6 Å². The number of aliphatic hydroxyl groups is 1. The van der Waals surface area contributed by atoms with Crippen LogP contribution in [0.15, 0.2) is 12.2 Å². The van der Waals surface area contributed by atoms with Crippen molar-refractivity contribution in [2.24, 2.45) is 11.3 Å². The standard InChI is InChI=1S/C26H41F2NO4/c1-7-8-13-19(2)20(30)15-17-24(3,4)21-18-26(27,28)23(33)29(21)25(5,6)16-12-10-9-11-14-22(31)32/h15,17,19-21,30H,9-14,16,18H2,1-6H3,(H,31,32)/b17-15+/t19-,20+,21+/m0/s1. The third-order valence-electron chi connectivity index (χ3n) is 6.64. The SMILES string of the molecule is CC#CC[C@H](C)[C@H](O)/C=C/C(C)(C)[C@H]1CC(F)(F)C(=O)N1C(C)(C)CCCCCCC(=O)O. The molecule has 0 aromatic heterocycles. The molecule has 0 aromatic carbocycles. The average molecular weight is 470 g/mol. The highest BCUT2D eigenvalue weighted by molar-refractivity contribution is 5.87. The summed E-state index contributed by atoms with van der Waals surface area (Å²) >= 11 is 0. The predicted octanol–water partition coefficient (Wildman–Crippen LogP) is 5.42. The van der Waals surface area contributed by atoms with E-state index < -0.39 is 47.3 Å². The number of nitrogens with zero attached hydrogens (tertiary/aromatic N) is 1. The van der Waals surface area contributed by atoms with Gasteiger partial charge in [-0.05, 0) is 39.5 Å². The Morgan fingerprint density at radius 1 is 1.24 bits per heavy atom. The molecule has 0 saturated carbocycles. The summed E-state index contributed by atoms with van der Waals surface area (Å²) in [6.07, 6.45) is 6.13. The van der Waals surface area contributed by atoms with E-state index in [1.165, 1.54) is 4.90 Å². The lowest BCUT2D eigenvalue weighted by Crippen LogP contribution is -2.54. The number of halogens is 2. The van der Waals surface area contributed by atoms with Crippen molar-refractivity contribution in [3.63, 3.8) is 0 Å². The first-order valence-corrected chi connectivity index (χ1v) is 11.9. The maximum absolute atomic E-state index is 14.6. The molecule has 1 rings (SSSR count). The first-order chi connectivity index (χ1) is 15.2. The Kier molecular flexibility index (Phi) is 10.5.